The van der Waals surface area contributed by atoms with E-state index in [1.165, 1.54) is 24.9 Å². The zero-order valence-electron chi connectivity index (χ0n) is 16.0. The molecule has 4 rings (SSSR count). The molecule has 0 radical (unpaired) electrons. The number of anilines is 2. The molecule has 2 aromatic carbocycles. The molecule has 1 aliphatic heterocycles. The highest BCUT2D eigenvalue weighted by Crippen LogP contribution is 2.25. The summed E-state index contributed by atoms with van der Waals surface area (Å²) in [4.78, 5) is 19.9. The molecule has 3 aromatic rings. The zero-order chi connectivity index (χ0) is 18.8. The lowest BCUT2D eigenvalue weighted by atomic mass is 10.0. The Kier molecular flexibility index (Phi) is 4.80. The van der Waals surface area contributed by atoms with E-state index in [4.69, 9.17) is 0 Å². The zero-order valence-corrected chi connectivity index (χ0v) is 16.0. The molecule has 0 atom stereocenters. The van der Waals surface area contributed by atoms with E-state index in [1.54, 1.807) is 0 Å². The first-order valence-electron chi connectivity index (χ1n) is 9.66. The Morgan fingerprint density at radius 2 is 1.67 bits per heavy atom. The monoisotopic (exact) mass is 359 g/mol. The van der Waals surface area contributed by atoms with Gasteiger partial charge in [0.15, 0.2) is 0 Å². The number of fused-ring (bicyclic) bond motifs is 1. The van der Waals surface area contributed by atoms with Gasteiger partial charge < -0.3 is 10.2 Å². The fraction of sp³-hybridized carbons (Fsp3) is 0.304. The predicted molar refractivity (Wildman–Crippen MR) is 112 cm³/mol. The SMILES string of the molecule is Cc1nc2ccccc2c(C)c1C(=O)Nc1ccc(N2CCCCC2)cc1. The lowest BCUT2D eigenvalue weighted by molar-refractivity contribution is 0.102. The number of nitrogens with zero attached hydrogens (tertiary/aromatic N) is 2. The van der Waals surface area contributed by atoms with Crippen molar-refractivity contribution in [3.63, 3.8) is 0 Å². The number of pyridine rings is 1. The Bertz CT molecular complexity index is 973. The van der Waals surface area contributed by atoms with Crippen LogP contribution in [0, 0.1) is 13.8 Å². The van der Waals surface area contributed by atoms with Gasteiger partial charge in [0, 0.05) is 29.9 Å². The van der Waals surface area contributed by atoms with Crippen molar-refractivity contribution >= 4 is 28.2 Å². The maximum absolute atomic E-state index is 12.9. The molecule has 1 N–H and O–H groups in total. The average Bonchev–Trinajstić information content (AvgIpc) is 2.69. The largest absolute Gasteiger partial charge is 0.372 e. The summed E-state index contributed by atoms with van der Waals surface area (Å²) < 4.78 is 0. The summed E-state index contributed by atoms with van der Waals surface area (Å²) in [6.45, 7) is 6.12. The highest BCUT2D eigenvalue weighted by atomic mass is 16.1. The Morgan fingerprint density at radius 1 is 0.963 bits per heavy atom. The number of carbonyl (C=O) groups excluding carboxylic acids is 1. The minimum atomic E-state index is -0.103. The Labute approximate surface area is 160 Å². The van der Waals surface area contributed by atoms with Gasteiger partial charge in [-0.1, -0.05) is 18.2 Å². The van der Waals surface area contributed by atoms with Gasteiger partial charge in [0.2, 0.25) is 0 Å². The smallest absolute Gasteiger partial charge is 0.257 e. The van der Waals surface area contributed by atoms with Crippen LogP contribution in [0.2, 0.25) is 0 Å². The van der Waals surface area contributed by atoms with Crippen LogP contribution in [0.1, 0.15) is 40.9 Å². The van der Waals surface area contributed by atoms with Crippen LogP contribution in [-0.2, 0) is 0 Å². The van der Waals surface area contributed by atoms with Crippen LogP contribution in [0.4, 0.5) is 11.4 Å². The van der Waals surface area contributed by atoms with Gasteiger partial charge in [-0.15, -0.1) is 0 Å². The highest BCUT2D eigenvalue weighted by Gasteiger charge is 2.17. The Morgan fingerprint density at radius 3 is 2.41 bits per heavy atom. The lowest BCUT2D eigenvalue weighted by Crippen LogP contribution is -2.29. The normalized spacial score (nSPS) is 14.4. The van der Waals surface area contributed by atoms with Crippen molar-refractivity contribution in [3.05, 3.63) is 65.4 Å². The molecule has 0 bridgehead atoms. The van der Waals surface area contributed by atoms with Crippen LogP contribution in [0.3, 0.4) is 0 Å². The topological polar surface area (TPSA) is 45.2 Å². The van der Waals surface area contributed by atoms with Crippen LogP contribution >= 0.6 is 0 Å². The number of piperidine rings is 1. The first kappa shape index (κ1) is 17.5. The Hall–Kier alpha value is -2.88. The number of aromatic nitrogens is 1. The second-order valence-electron chi connectivity index (χ2n) is 7.26. The van der Waals surface area contributed by atoms with Crippen molar-refractivity contribution in [2.75, 3.05) is 23.3 Å². The predicted octanol–water partition coefficient (Wildman–Crippen LogP) is 5.09. The number of aryl methyl sites for hydroxylation is 2. The molecule has 1 amide bonds. The van der Waals surface area contributed by atoms with Crippen LogP contribution in [0.15, 0.2) is 48.5 Å². The maximum atomic E-state index is 12.9. The van der Waals surface area contributed by atoms with Gasteiger partial charge in [-0.3, -0.25) is 9.78 Å². The standard InChI is InChI=1S/C23H25N3O/c1-16-20-8-4-5-9-21(20)24-17(2)22(16)23(27)25-18-10-12-19(13-11-18)26-14-6-3-7-15-26/h4-5,8-13H,3,6-7,14-15H2,1-2H3,(H,25,27). The molecule has 0 saturated carbocycles. The van der Waals surface area contributed by atoms with Gasteiger partial charge in [0.05, 0.1) is 16.8 Å². The molecule has 0 aliphatic carbocycles. The summed E-state index contributed by atoms with van der Waals surface area (Å²) in [5.74, 6) is -0.103. The van der Waals surface area contributed by atoms with Crippen molar-refractivity contribution in [1.29, 1.82) is 0 Å². The second kappa shape index (κ2) is 7.39. The van der Waals surface area contributed by atoms with E-state index in [9.17, 15) is 4.79 Å². The number of hydrogen-bond acceptors (Lipinski definition) is 3. The fourth-order valence-corrected chi connectivity index (χ4v) is 3.97. The number of nitrogens with one attached hydrogen (secondary N) is 1. The van der Waals surface area contributed by atoms with Gasteiger partial charge >= 0.3 is 0 Å². The number of rotatable bonds is 3. The molecule has 1 fully saturated rings. The van der Waals surface area contributed by atoms with E-state index in [0.29, 0.717) is 5.56 Å². The molecule has 1 saturated heterocycles. The van der Waals surface area contributed by atoms with E-state index in [-0.39, 0.29) is 5.91 Å². The highest BCUT2D eigenvalue weighted by molar-refractivity contribution is 6.08. The first-order chi connectivity index (χ1) is 13.1. The maximum Gasteiger partial charge on any atom is 0.257 e. The molecule has 27 heavy (non-hydrogen) atoms. The van der Waals surface area contributed by atoms with Crippen LogP contribution < -0.4 is 10.2 Å². The van der Waals surface area contributed by atoms with Crippen molar-refractivity contribution in [1.82, 2.24) is 4.98 Å². The van der Waals surface area contributed by atoms with Crippen molar-refractivity contribution in [2.24, 2.45) is 0 Å². The first-order valence-corrected chi connectivity index (χ1v) is 9.66. The number of amides is 1. The van der Waals surface area contributed by atoms with Gasteiger partial charge in [0.1, 0.15) is 0 Å². The van der Waals surface area contributed by atoms with Gasteiger partial charge in [0.25, 0.3) is 5.91 Å². The minimum Gasteiger partial charge on any atom is -0.372 e. The summed E-state index contributed by atoms with van der Waals surface area (Å²) in [6, 6.07) is 16.1. The van der Waals surface area contributed by atoms with Crippen LogP contribution in [0.5, 0.6) is 0 Å². The van der Waals surface area contributed by atoms with E-state index < -0.39 is 0 Å². The van der Waals surface area contributed by atoms with Crippen molar-refractivity contribution < 1.29 is 4.79 Å². The third kappa shape index (κ3) is 3.52. The van der Waals surface area contributed by atoms with Crippen molar-refractivity contribution in [2.45, 2.75) is 33.1 Å². The number of para-hydroxylation sites is 1. The van der Waals surface area contributed by atoms with Crippen LogP contribution in [-0.4, -0.2) is 24.0 Å². The summed E-state index contributed by atoms with van der Waals surface area (Å²) in [5, 5.41) is 4.06. The molecule has 2 heterocycles. The number of carbonyl (C=O) groups is 1. The van der Waals surface area contributed by atoms with Crippen LogP contribution in [0.25, 0.3) is 10.9 Å². The third-order valence-electron chi connectivity index (χ3n) is 5.41. The molecule has 0 unspecified atom stereocenters. The number of hydrogen-bond donors (Lipinski definition) is 1. The molecular weight excluding hydrogens is 334 g/mol. The summed E-state index contributed by atoms with van der Waals surface area (Å²) in [6.07, 6.45) is 3.83. The average molecular weight is 359 g/mol. The van der Waals surface area contributed by atoms with Gasteiger partial charge in [-0.25, -0.2) is 0 Å². The van der Waals surface area contributed by atoms with E-state index in [2.05, 4.69) is 27.3 Å². The van der Waals surface area contributed by atoms with E-state index in [1.807, 2.05) is 50.2 Å². The fourth-order valence-electron chi connectivity index (χ4n) is 3.97. The summed E-state index contributed by atoms with van der Waals surface area (Å²) >= 11 is 0. The lowest BCUT2D eigenvalue weighted by Gasteiger charge is -2.28. The molecule has 1 aromatic heterocycles. The van der Waals surface area contributed by atoms with Crippen molar-refractivity contribution in [3.8, 4) is 0 Å². The van der Waals surface area contributed by atoms with E-state index >= 15 is 0 Å². The third-order valence-corrected chi connectivity index (χ3v) is 5.41. The minimum absolute atomic E-state index is 0.103. The Balaban J connectivity index is 1.56. The van der Waals surface area contributed by atoms with Gasteiger partial charge in [-0.05, 0) is 69.0 Å². The molecule has 138 valence electrons. The molecule has 4 heteroatoms. The quantitative estimate of drug-likeness (QED) is 0.708. The summed E-state index contributed by atoms with van der Waals surface area (Å²) in [7, 11) is 0. The molecule has 4 nitrogen and oxygen atoms in total. The molecular formula is C23H25N3O. The summed E-state index contributed by atoms with van der Waals surface area (Å²) in [5.41, 5.74) is 5.36. The molecule has 1 aliphatic rings. The number of benzene rings is 2. The molecule has 0 spiro atoms. The van der Waals surface area contributed by atoms with E-state index in [0.717, 1.165) is 40.9 Å². The second-order valence-corrected chi connectivity index (χ2v) is 7.26. The van der Waals surface area contributed by atoms with Gasteiger partial charge in [-0.2, -0.15) is 0 Å².